The van der Waals surface area contributed by atoms with Crippen molar-refractivity contribution in [1.29, 1.82) is 0 Å². The van der Waals surface area contributed by atoms with Gasteiger partial charge in [-0.15, -0.1) is 0 Å². The first-order valence-electron chi connectivity index (χ1n) is 8.17. The van der Waals surface area contributed by atoms with Crippen molar-refractivity contribution in [2.75, 3.05) is 0 Å². The molecule has 7 heteroatoms. The Kier molecular flexibility index (Phi) is 5.56. The summed E-state index contributed by atoms with van der Waals surface area (Å²) in [7, 11) is 0. The van der Waals surface area contributed by atoms with Gasteiger partial charge < -0.3 is 4.74 Å². The lowest BCUT2D eigenvalue weighted by Gasteiger charge is -2.08. The molecule has 1 aromatic heterocycles. The van der Waals surface area contributed by atoms with Gasteiger partial charge in [0.05, 0.1) is 17.0 Å². The van der Waals surface area contributed by atoms with Crippen molar-refractivity contribution in [1.82, 2.24) is 9.78 Å². The number of ether oxygens (including phenoxy) is 1. The molecule has 0 radical (unpaired) electrons. The zero-order chi connectivity index (χ0) is 18.7. The third-order valence-corrected chi connectivity index (χ3v) is 3.99. The maximum Gasteiger partial charge on any atom is 0.315 e. The van der Waals surface area contributed by atoms with Gasteiger partial charge in [-0.05, 0) is 38.8 Å². The average Bonchev–Trinajstić information content (AvgIpc) is 2.74. The third-order valence-electron chi connectivity index (χ3n) is 3.99. The van der Waals surface area contributed by atoms with Gasteiger partial charge >= 0.3 is 5.97 Å². The molecule has 0 atom stereocenters. The van der Waals surface area contributed by atoms with Gasteiger partial charge in [-0.1, -0.05) is 13.8 Å². The molecule has 0 bridgehead atoms. The molecule has 2 rings (SSSR count). The predicted molar refractivity (Wildman–Crippen MR) is 93.7 cm³/mol. The van der Waals surface area contributed by atoms with Crippen molar-refractivity contribution in [3.8, 4) is 5.75 Å². The number of aryl methyl sites for hydroxylation is 2. The van der Waals surface area contributed by atoms with Crippen molar-refractivity contribution < 1.29 is 14.5 Å². The van der Waals surface area contributed by atoms with Crippen molar-refractivity contribution in [3.05, 3.63) is 50.8 Å². The number of benzene rings is 1. The summed E-state index contributed by atoms with van der Waals surface area (Å²) in [6.07, 6.45) is 0.117. The standard InChI is InChI=1S/C18H23N3O4/c1-11(2)10-20-14(5)16(13(4)19-20)9-18(22)25-15-6-7-17(21(23)24)12(3)8-15/h6-8,11H,9-10H2,1-5H3. The molecule has 1 heterocycles. The minimum absolute atomic E-state index is 0.00134. The Morgan fingerprint density at radius 3 is 2.56 bits per heavy atom. The van der Waals surface area contributed by atoms with Crippen LogP contribution in [0.25, 0.3) is 0 Å². The van der Waals surface area contributed by atoms with Gasteiger partial charge in [-0.3, -0.25) is 19.6 Å². The van der Waals surface area contributed by atoms with Gasteiger partial charge in [-0.25, -0.2) is 0 Å². The molecule has 7 nitrogen and oxygen atoms in total. The van der Waals surface area contributed by atoms with Crippen molar-refractivity contribution >= 4 is 11.7 Å². The Bertz CT molecular complexity index is 809. The highest BCUT2D eigenvalue weighted by Crippen LogP contribution is 2.24. The summed E-state index contributed by atoms with van der Waals surface area (Å²) in [5.41, 5.74) is 3.09. The van der Waals surface area contributed by atoms with E-state index < -0.39 is 10.9 Å². The highest BCUT2D eigenvalue weighted by molar-refractivity contribution is 5.76. The molecule has 0 spiro atoms. The van der Waals surface area contributed by atoms with Crippen LogP contribution in [-0.4, -0.2) is 20.7 Å². The Hall–Kier alpha value is -2.70. The van der Waals surface area contributed by atoms with Crippen molar-refractivity contribution in [2.45, 2.75) is 47.6 Å². The second-order valence-corrected chi connectivity index (χ2v) is 6.58. The number of carbonyl (C=O) groups excluding carboxylic acids is 1. The molecule has 0 aliphatic heterocycles. The van der Waals surface area contributed by atoms with E-state index in [1.807, 2.05) is 18.5 Å². The summed E-state index contributed by atoms with van der Waals surface area (Å²) < 4.78 is 7.25. The molecule has 0 saturated carbocycles. The molecule has 2 aromatic rings. The number of rotatable bonds is 6. The van der Waals surface area contributed by atoms with Gasteiger partial charge in [0, 0.05) is 29.4 Å². The van der Waals surface area contributed by atoms with Gasteiger partial charge in [0.2, 0.25) is 0 Å². The number of carbonyl (C=O) groups is 1. The molecule has 0 aliphatic carbocycles. The number of nitro groups is 1. The topological polar surface area (TPSA) is 87.3 Å². The Morgan fingerprint density at radius 2 is 2.00 bits per heavy atom. The highest BCUT2D eigenvalue weighted by atomic mass is 16.6. The van der Waals surface area contributed by atoms with Crippen LogP contribution in [0.2, 0.25) is 0 Å². The number of hydrogen-bond acceptors (Lipinski definition) is 5. The fourth-order valence-electron chi connectivity index (χ4n) is 2.72. The normalized spacial score (nSPS) is 11.0. The lowest BCUT2D eigenvalue weighted by Crippen LogP contribution is -2.13. The fraction of sp³-hybridized carbons (Fsp3) is 0.444. The zero-order valence-corrected chi connectivity index (χ0v) is 15.2. The van der Waals surface area contributed by atoms with Crippen molar-refractivity contribution in [3.63, 3.8) is 0 Å². The Labute approximate surface area is 146 Å². The molecule has 1 aromatic carbocycles. The van der Waals surface area contributed by atoms with Crippen LogP contribution < -0.4 is 4.74 Å². The van der Waals surface area contributed by atoms with Crippen molar-refractivity contribution in [2.24, 2.45) is 5.92 Å². The summed E-state index contributed by atoms with van der Waals surface area (Å²) in [4.78, 5) is 22.6. The summed E-state index contributed by atoms with van der Waals surface area (Å²) >= 11 is 0. The van der Waals surface area contributed by atoms with Crippen LogP contribution in [0.1, 0.15) is 36.4 Å². The van der Waals surface area contributed by atoms with Gasteiger partial charge in [0.25, 0.3) is 5.69 Å². The molecule has 0 saturated heterocycles. The van der Waals surface area contributed by atoms with E-state index in [1.165, 1.54) is 18.2 Å². The monoisotopic (exact) mass is 345 g/mol. The van der Waals surface area contributed by atoms with Crippen LogP contribution >= 0.6 is 0 Å². The number of esters is 1. The molecule has 25 heavy (non-hydrogen) atoms. The average molecular weight is 345 g/mol. The molecular formula is C18H23N3O4. The molecule has 0 unspecified atom stereocenters. The van der Waals surface area contributed by atoms with Crippen LogP contribution in [-0.2, 0) is 17.8 Å². The van der Waals surface area contributed by atoms with Crippen LogP contribution in [0, 0.1) is 36.8 Å². The third kappa shape index (κ3) is 4.43. The lowest BCUT2D eigenvalue weighted by molar-refractivity contribution is -0.385. The molecule has 0 N–H and O–H groups in total. The number of nitrogens with zero attached hydrogens (tertiary/aromatic N) is 3. The smallest absolute Gasteiger partial charge is 0.315 e. The lowest BCUT2D eigenvalue weighted by atomic mass is 10.1. The SMILES string of the molecule is Cc1cc(OC(=O)Cc2c(C)nn(CC(C)C)c2C)ccc1[N+](=O)[O-]. The summed E-state index contributed by atoms with van der Waals surface area (Å²) in [6, 6.07) is 4.28. The highest BCUT2D eigenvalue weighted by Gasteiger charge is 2.18. The molecule has 134 valence electrons. The van der Waals surface area contributed by atoms with E-state index in [-0.39, 0.29) is 12.1 Å². The zero-order valence-electron chi connectivity index (χ0n) is 15.2. The summed E-state index contributed by atoms with van der Waals surface area (Å²) in [5, 5.41) is 15.3. The van der Waals surface area contributed by atoms with Gasteiger partial charge in [0.15, 0.2) is 0 Å². The Morgan fingerprint density at radius 1 is 1.32 bits per heavy atom. The minimum Gasteiger partial charge on any atom is -0.426 e. The second kappa shape index (κ2) is 7.46. The molecular weight excluding hydrogens is 322 g/mol. The van der Waals surface area contributed by atoms with E-state index in [0.717, 1.165) is 23.5 Å². The maximum absolute atomic E-state index is 12.3. The summed E-state index contributed by atoms with van der Waals surface area (Å²) in [5.74, 6) is 0.349. The van der Waals surface area contributed by atoms with Crippen LogP contribution in [0.15, 0.2) is 18.2 Å². The molecule has 0 amide bonds. The fourth-order valence-corrected chi connectivity index (χ4v) is 2.72. The van der Waals surface area contributed by atoms with Crippen LogP contribution in [0.5, 0.6) is 5.75 Å². The van der Waals surface area contributed by atoms with E-state index in [2.05, 4.69) is 18.9 Å². The maximum atomic E-state index is 12.3. The van der Waals surface area contributed by atoms with E-state index in [9.17, 15) is 14.9 Å². The number of nitro benzene ring substituents is 1. The van der Waals surface area contributed by atoms with Crippen LogP contribution in [0.4, 0.5) is 5.69 Å². The Balaban J connectivity index is 2.12. The van der Waals surface area contributed by atoms with Gasteiger partial charge in [0.1, 0.15) is 5.75 Å². The van der Waals surface area contributed by atoms with E-state index >= 15 is 0 Å². The van der Waals surface area contributed by atoms with Crippen LogP contribution in [0.3, 0.4) is 0 Å². The number of aromatic nitrogens is 2. The molecule has 0 aliphatic rings. The quantitative estimate of drug-likeness (QED) is 0.346. The van der Waals surface area contributed by atoms with E-state index in [4.69, 9.17) is 4.74 Å². The first-order valence-corrected chi connectivity index (χ1v) is 8.17. The minimum atomic E-state index is -0.462. The van der Waals surface area contributed by atoms with Gasteiger partial charge in [-0.2, -0.15) is 5.10 Å². The van der Waals surface area contributed by atoms with E-state index in [0.29, 0.717) is 17.2 Å². The largest absolute Gasteiger partial charge is 0.426 e. The number of hydrogen-bond donors (Lipinski definition) is 0. The molecule has 0 fully saturated rings. The first kappa shape index (κ1) is 18.6. The summed E-state index contributed by atoms with van der Waals surface area (Å²) in [6.45, 7) is 10.5. The second-order valence-electron chi connectivity index (χ2n) is 6.58. The first-order chi connectivity index (χ1) is 11.7. The predicted octanol–water partition coefficient (Wildman–Crippen LogP) is 3.52. The van der Waals surface area contributed by atoms with E-state index in [1.54, 1.807) is 6.92 Å².